The predicted octanol–water partition coefficient (Wildman–Crippen LogP) is 4.31. The molecule has 1 N–H and O–H groups in total. The predicted molar refractivity (Wildman–Crippen MR) is 112 cm³/mol. The molecule has 0 radical (unpaired) electrons. The maximum atomic E-state index is 12.6. The molecule has 0 aliphatic heterocycles. The molecule has 0 fully saturated rings. The van der Waals surface area contributed by atoms with Gasteiger partial charge in [0.25, 0.3) is 0 Å². The van der Waals surface area contributed by atoms with Gasteiger partial charge >= 0.3 is 0 Å². The number of hydrogen-bond acceptors (Lipinski definition) is 3. The number of furan rings is 1. The van der Waals surface area contributed by atoms with Gasteiger partial charge < -0.3 is 14.6 Å². The summed E-state index contributed by atoms with van der Waals surface area (Å²) >= 11 is 0. The van der Waals surface area contributed by atoms with Crippen LogP contribution in [0.1, 0.15) is 27.8 Å². The Labute approximate surface area is 165 Å². The number of anilines is 1. The van der Waals surface area contributed by atoms with Crippen LogP contribution in [-0.2, 0) is 16.0 Å². The van der Waals surface area contributed by atoms with Crippen molar-refractivity contribution in [2.24, 2.45) is 0 Å². The van der Waals surface area contributed by atoms with Crippen molar-refractivity contribution in [1.29, 1.82) is 0 Å². The van der Waals surface area contributed by atoms with Gasteiger partial charge in [-0.3, -0.25) is 9.59 Å². The Morgan fingerprint density at radius 3 is 2.46 bits per heavy atom. The van der Waals surface area contributed by atoms with Crippen LogP contribution in [0.5, 0.6) is 0 Å². The largest absolute Gasteiger partial charge is 0.464 e. The molecule has 5 heteroatoms. The topological polar surface area (TPSA) is 62.6 Å². The summed E-state index contributed by atoms with van der Waals surface area (Å²) in [6.07, 6.45) is 1.84. The molecule has 2 aromatic carbocycles. The highest BCUT2D eigenvalue weighted by Crippen LogP contribution is 2.27. The Morgan fingerprint density at radius 2 is 1.71 bits per heavy atom. The first-order valence-corrected chi connectivity index (χ1v) is 9.34. The number of likely N-dealkylation sites (N-methyl/N-ethyl adjacent to an activating group) is 1. The van der Waals surface area contributed by atoms with E-state index in [9.17, 15) is 9.59 Å². The molecule has 5 nitrogen and oxygen atoms in total. The van der Waals surface area contributed by atoms with Crippen molar-refractivity contribution in [2.45, 2.75) is 34.1 Å². The van der Waals surface area contributed by atoms with Gasteiger partial charge in [0.15, 0.2) is 0 Å². The fourth-order valence-electron chi connectivity index (χ4n) is 3.20. The van der Waals surface area contributed by atoms with E-state index in [2.05, 4.69) is 5.32 Å². The average Bonchev–Trinajstić information content (AvgIpc) is 3.05. The van der Waals surface area contributed by atoms with Gasteiger partial charge in [0.2, 0.25) is 11.8 Å². The minimum atomic E-state index is -0.215. The molecular formula is C23H26N2O3. The van der Waals surface area contributed by atoms with Crippen LogP contribution in [0.4, 0.5) is 5.69 Å². The summed E-state index contributed by atoms with van der Waals surface area (Å²) in [5, 5.41) is 3.84. The first-order valence-electron chi connectivity index (χ1n) is 9.34. The Morgan fingerprint density at radius 1 is 1.00 bits per heavy atom. The Bertz CT molecular complexity index is 1050. The van der Waals surface area contributed by atoms with Crippen LogP contribution in [0.2, 0.25) is 0 Å². The minimum Gasteiger partial charge on any atom is -0.464 e. The molecule has 146 valence electrons. The van der Waals surface area contributed by atoms with Crippen LogP contribution >= 0.6 is 0 Å². The van der Waals surface area contributed by atoms with Gasteiger partial charge in [-0.05, 0) is 56.0 Å². The quantitative estimate of drug-likeness (QED) is 0.720. The number of benzene rings is 2. The van der Waals surface area contributed by atoms with Gasteiger partial charge in [0.1, 0.15) is 5.58 Å². The fourth-order valence-corrected chi connectivity index (χ4v) is 3.20. The van der Waals surface area contributed by atoms with Crippen molar-refractivity contribution >= 4 is 28.5 Å². The van der Waals surface area contributed by atoms with Crippen LogP contribution in [0.15, 0.2) is 41.0 Å². The fraction of sp³-hybridized carbons (Fsp3) is 0.304. The molecule has 1 aromatic heterocycles. The summed E-state index contributed by atoms with van der Waals surface area (Å²) in [7, 11) is 1.64. The normalized spacial score (nSPS) is 10.9. The van der Waals surface area contributed by atoms with Gasteiger partial charge in [-0.25, -0.2) is 0 Å². The Kier molecular flexibility index (Phi) is 5.54. The number of fused-ring (bicyclic) bond motifs is 1. The van der Waals surface area contributed by atoms with Gasteiger partial charge in [-0.15, -0.1) is 0 Å². The standard InChI is InChI=1S/C23H26N2O3/c1-14-7-6-8-20(16(14)3)24-21(26)12-25(5)22(27)11-18-13-28-23-17(4)15(2)9-10-19(18)23/h6-10,13H,11-12H2,1-5H3,(H,24,26). The van der Waals surface area contributed by atoms with Gasteiger partial charge in [-0.2, -0.15) is 0 Å². The summed E-state index contributed by atoms with van der Waals surface area (Å²) in [4.78, 5) is 26.4. The first-order chi connectivity index (χ1) is 13.3. The van der Waals surface area contributed by atoms with E-state index in [-0.39, 0.29) is 24.8 Å². The Hall–Kier alpha value is -3.08. The molecule has 0 spiro atoms. The molecule has 0 saturated heterocycles. The van der Waals surface area contributed by atoms with Crippen LogP contribution < -0.4 is 5.32 Å². The highest BCUT2D eigenvalue weighted by molar-refractivity contribution is 5.96. The molecule has 1 heterocycles. The summed E-state index contributed by atoms with van der Waals surface area (Å²) in [6, 6.07) is 9.78. The number of carbonyl (C=O) groups is 2. The summed E-state index contributed by atoms with van der Waals surface area (Å²) in [5.74, 6) is -0.342. The van der Waals surface area contributed by atoms with Crippen molar-refractivity contribution in [3.05, 3.63) is 64.4 Å². The van der Waals surface area contributed by atoms with E-state index in [1.807, 2.05) is 58.0 Å². The molecule has 3 aromatic rings. The molecule has 2 amide bonds. The molecule has 0 bridgehead atoms. The number of nitrogens with zero attached hydrogens (tertiary/aromatic N) is 1. The second-order valence-corrected chi connectivity index (χ2v) is 7.37. The molecular weight excluding hydrogens is 352 g/mol. The molecule has 0 atom stereocenters. The monoisotopic (exact) mass is 378 g/mol. The summed E-state index contributed by atoms with van der Waals surface area (Å²) < 4.78 is 5.68. The number of rotatable bonds is 5. The molecule has 0 aliphatic carbocycles. The first kappa shape index (κ1) is 19.7. The molecule has 3 rings (SSSR count). The molecule has 0 saturated carbocycles. The average molecular weight is 378 g/mol. The van der Waals surface area contributed by atoms with E-state index in [0.29, 0.717) is 0 Å². The van der Waals surface area contributed by atoms with Crippen LogP contribution in [-0.4, -0.2) is 30.3 Å². The van der Waals surface area contributed by atoms with Crippen LogP contribution in [0, 0.1) is 27.7 Å². The van der Waals surface area contributed by atoms with E-state index in [1.165, 1.54) is 4.90 Å². The third-order valence-corrected chi connectivity index (χ3v) is 5.37. The summed E-state index contributed by atoms with van der Waals surface area (Å²) in [5.41, 5.74) is 6.80. The number of hydrogen-bond donors (Lipinski definition) is 1. The zero-order chi connectivity index (χ0) is 20.4. The van der Waals surface area contributed by atoms with Crippen LogP contribution in [0.3, 0.4) is 0 Å². The zero-order valence-electron chi connectivity index (χ0n) is 17.1. The van der Waals surface area contributed by atoms with Crippen molar-refractivity contribution in [3.63, 3.8) is 0 Å². The SMILES string of the molecule is Cc1cccc(NC(=O)CN(C)C(=O)Cc2coc3c(C)c(C)ccc23)c1C. The molecule has 28 heavy (non-hydrogen) atoms. The van der Waals surface area contributed by atoms with Gasteiger partial charge in [0.05, 0.1) is 19.2 Å². The van der Waals surface area contributed by atoms with Gasteiger partial charge in [-0.1, -0.05) is 24.3 Å². The maximum absolute atomic E-state index is 12.6. The highest BCUT2D eigenvalue weighted by atomic mass is 16.3. The van der Waals surface area contributed by atoms with E-state index in [1.54, 1.807) is 13.3 Å². The van der Waals surface area contributed by atoms with Crippen LogP contribution in [0.25, 0.3) is 11.0 Å². The lowest BCUT2D eigenvalue weighted by Gasteiger charge is -2.17. The van der Waals surface area contributed by atoms with Crippen molar-refractivity contribution in [1.82, 2.24) is 4.90 Å². The smallest absolute Gasteiger partial charge is 0.243 e. The minimum absolute atomic E-state index is 0.000134. The number of carbonyl (C=O) groups excluding carboxylic acids is 2. The van der Waals surface area contributed by atoms with E-state index in [4.69, 9.17) is 4.42 Å². The van der Waals surface area contributed by atoms with E-state index >= 15 is 0 Å². The van der Waals surface area contributed by atoms with Crippen molar-refractivity contribution in [2.75, 3.05) is 18.9 Å². The third kappa shape index (κ3) is 3.93. The highest BCUT2D eigenvalue weighted by Gasteiger charge is 2.18. The lowest BCUT2D eigenvalue weighted by Crippen LogP contribution is -2.35. The van der Waals surface area contributed by atoms with Crippen molar-refractivity contribution in [3.8, 4) is 0 Å². The number of nitrogens with one attached hydrogen (secondary N) is 1. The Balaban J connectivity index is 1.66. The summed E-state index contributed by atoms with van der Waals surface area (Å²) in [6.45, 7) is 8.01. The lowest BCUT2D eigenvalue weighted by molar-refractivity contribution is -0.132. The molecule has 0 aliphatic rings. The third-order valence-electron chi connectivity index (χ3n) is 5.37. The lowest BCUT2D eigenvalue weighted by atomic mass is 10.0. The van der Waals surface area contributed by atoms with E-state index in [0.717, 1.165) is 44.5 Å². The van der Waals surface area contributed by atoms with Gasteiger partial charge in [0, 0.05) is 23.7 Å². The molecule has 0 unspecified atom stereocenters. The zero-order valence-corrected chi connectivity index (χ0v) is 17.1. The number of amides is 2. The second kappa shape index (κ2) is 7.89. The number of aryl methyl sites for hydroxylation is 3. The van der Waals surface area contributed by atoms with E-state index < -0.39 is 0 Å². The maximum Gasteiger partial charge on any atom is 0.243 e. The second-order valence-electron chi connectivity index (χ2n) is 7.37. The van der Waals surface area contributed by atoms with Crippen molar-refractivity contribution < 1.29 is 14.0 Å².